The molecule has 0 saturated heterocycles. The fraction of sp³-hybridized carbons (Fsp3) is 0.533. The van der Waals surface area contributed by atoms with Gasteiger partial charge in [-0.15, -0.1) is 0 Å². The Hall–Kier alpha value is -2.11. The summed E-state index contributed by atoms with van der Waals surface area (Å²) >= 11 is 0. The molecule has 4 unspecified atom stereocenters. The number of hydrogen-bond acceptors (Lipinski definition) is 3. The van der Waals surface area contributed by atoms with Crippen LogP contribution in [-0.2, 0) is 16.6 Å². The van der Waals surface area contributed by atoms with Gasteiger partial charge in [-0.05, 0) is 37.2 Å². The van der Waals surface area contributed by atoms with Crippen LogP contribution in [0.4, 0.5) is 0 Å². The van der Waals surface area contributed by atoms with Crippen molar-refractivity contribution in [3.8, 4) is 0 Å². The zero-order valence-electron chi connectivity index (χ0n) is 11.9. The average molecular weight is 289 g/mol. The normalized spacial score (nSPS) is 30.9. The zero-order valence-corrected chi connectivity index (χ0v) is 11.9. The first-order valence-electron chi connectivity index (χ1n) is 7.24. The van der Waals surface area contributed by atoms with Gasteiger partial charge in [0.1, 0.15) is 0 Å². The lowest BCUT2D eigenvalue weighted by Gasteiger charge is -2.28. The van der Waals surface area contributed by atoms with Gasteiger partial charge in [0.25, 0.3) is 0 Å². The predicted octanol–water partition coefficient (Wildman–Crippen LogP) is 1.05. The van der Waals surface area contributed by atoms with Crippen LogP contribution in [0.25, 0.3) is 6.08 Å². The Balaban J connectivity index is 1.64. The number of aryl methyl sites for hydroxylation is 1. The number of rotatable bonds is 4. The van der Waals surface area contributed by atoms with Gasteiger partial charge in [0, 0.05) is 30.9 Å². The molecule has 0 aliphatic heterocycles. The molecule has 4 atom stereocenters. The van der Waals surface area contributed by atoms with E-state index in [0.29, 0.717) is 5.92 Å². The Labute approximate surface area is 122 Å². The summed E-state index contributed by atoms with van der Waals surface area (Å²) in [4.78, 5) is 23.4. The van der Waals surface area contributed by atoms with Crippen molar-refractivity contribution in [3.63, 3.8) is 0 Å². The van der Waals surface area contributed by atoms with Gasteiger partial charge in [-0.2, -0.15) is 5.10 Å². The number of nitrogens with one attached hydrogen (secondary N) is 1. The molecule has 1 amide bonds. The smallest absolute Gasteiger partial charge is 0.308 e. The van der Waals surface area contributed by atoms with Crippen molar-refractivity contribution in [2.24, 2.45) is 24.8 Å². The van der Waals surface area contributed by atoms with E-state index in [4.69, 9.17) is 0 Å². The number of aromatic nitrogens is 2. The van der Waals surface area contributed by atoms with Crippen molar-refractivity contribution >= 4 is 18.0 Å². The van der Waals surface area contributed by atoms with Gasteiger partial charge in [0.05, 0.1) is 12.1 Å². The lowest BCUT2D eigenvalue weighted by molar-refractivity contribution is -0.144. The Morgan fingerprint density at radius 3 is 2.86 bits per heavy atom. The number of carbonyl (C=O) groups is 2. The van der Waals surface area contributed by atoms with E-state index in [1.807, 2.05) is 7.05 Å². The van der Waals surface area contributed by atoms with Gasteiger partial charge in [0.15, 0.2) is 0 Å². The predicted molar refractivity (Wildman–Crippen MR) is 76.1 cm³/mol. The molecule has 6 nitrogen and oxygen atoms in total. The second-order valence-corrected chi connectivity index (χ2v) is 6.01. The van der Waals surface area contributed by atoms with Crippen molar-refractivity contribution in [1.29, 1.82) is 0 Å². The van der Waals surface area contributed by atoms with Crippen LogP contribution in [0.2, 0.25) is 0 Å². The van der Waals surface area contributed by atoms with Crippen molar-refractivity contribution < 1.29 is 14.7 Å². The van der Waals surface area contributed by atoms with E-state index in [-0.39, 0.29) is 17.9 Å². The van der Waals surface area contributed by atoms with Crippen LogP contribution in [0.3, 0.4) is 0 Å². The minimum Gasteiger partial charge on any atom is -0.481 e. The minimum atomic E-state index is -0.788. The molecular formula is C15H19N3O3. The number of carboxylic acid groups (broad SMARTS) is 1. The first-order valence-corrected chi connectivity index (χ1v) is 7.24. The zero-order chi connectivity index (χ0) is 15.0. The van der Waals surface area contributed by atoms with E-state index in [1.54, 1.807) is 23.2 Å². The molecule has 1 heterocycles. The molecular weight excluding hydrogens is 270 g/mol. The highest BCUT2D eigenvalue weighted by molar-refractivity contribution is 5.92. The van der Waals surface area contributed by atoms with Gasteiger partial charge in [-0.1, -0.05) is 0 Å². The molecule has 21 heavy (non-hydrogen) atoms. The topological polar surface area (TPSA) is 84.2 Å². The number of aliphatic carboxylic acids is 1. The minimum absolute atomic E-state index is 0.222. The molecule has 0 radical (unpaired) electrons. The van der Waals surface area contributed by atoms with Gasteiger partial charge in [-0.3, -0.25) is 14.3 Å². The SMILES string of the molecule is Cn1cc(C=CC(=O)NC2C3CCC(C3)C2C(=O)O)cn1. The van der Waals surface area contributed by atoms with E-state index < -0.39 is 11.9 Å². The Bertz CT molecular complexity index is 593. The summed E-state index contributed by atoms with van der Waals surface area (Å²) in [6.07, 6.45) is 9.52. The van der Waals surface area contributed by atoms with Crippen molar-refractivity contribution in [2.75, 3.05) is 0 Å². The molecule has 1 aromatic rings. The van der Waals surface area contributed by atoms with Crippen LogP contribution < -0.4 is 5.32 Å². The largest absolute Gasteiger partial charge is 0.481 e. The standard InChI is InChI=1S/C15H19N3O3/c1-18-8-9(7-16-18)2-5-12(19)17-14-11-4-3-10(6-11)13(14)15(20)21/h2,5,7-8,10-11,13-14H,3-4,6H2,1H3,(H,17,19)(H,20,21). The molecule has 2 fully saturated rings. The molecule has 6 heteroatoms. The Morgan fingerprint density at radius 2 is 2.19 bits per heavy atom. The highest BCUT2D eigenvalue weighted by atomic mass is 16.4. The second kappa shape index (κ2) is 5.35. The lowest BCUT2D eigenvalue weighted by atomic mass is 9.84. The van der Waals surface area contributed by atoms with E-state index in [0.717, 1.165) is 24.8 Å². The first-order chi connectivity index (χ1) is 10.0. The monoisotopic (exact) mass is 289 g/mol. The summed E-state index contributed by atoms with van der Waals surface area (Å²) in [5.74, 6) is -0.919. The fourth-order valence-corrected chi connectivity index (χ4v) is 3.76. The third-order valence-electron chi connectivity index (χ3n) is 4.66. The average Bonchev–Trinajstić information content (AvgIpc) is 3.11. The molecule has 3 rings (SSSR count). The van der Waals surface area contributed by atoms with Crippen LogP contribution >= 0.6 is 0 Å². The van der Waals surface area contributed by atoms with Gasteiger partial charge >= 0.3 is 5.97 Å². The number of carboxylic acids is 1. The number of hydrogen-bond donors (Lipinski definition) is 2. The lowest BCUT2D eigenvalue weighted by Crippen LogP contribution is -2.46. The van der Waals surface area contributed by atoms with Gasteiger partial charge in [0.2, 0.25) is 5.91 Å². The third kappa shape index (κ3) is 2.70. The second-order valence-electron chi connectivity index (χ2n) is 6.01. The molecule has 1 aromatic heterocycles. The molecule has 0 aromatic carbocycles. The molecule has 2 aliphatic carbocycles. The molecule has 2 aliphatic rings. The maximum atomic E-state index is 12.0. The third-order valence-corrected chi connectivity index (χ3v) is 4.66. The maximum Gasteiger partial charge on any atom is 0.308 e. The highest BCUT2D eigenvalue weighted by Gasteiger charge is 2.51. The molecule has 0 spiro atoms. The van der Waals surface area contributed by atoms with Crippen LogP contribution in [0.15, 0.2) is 18.5 Å². The van der Waals surface area contributed by atoms with Crippen LogP contribution in [0.1, 0.15) is 24.8 Å². The van der Waals surface area contributed by atoms with Crippen molar-refractivity contribution in [3.05, 3.63) is 24.0 Å². The first kappa shape index (κ1) is 13.9. The summed E-state index contributed by atoms with van der Waals surface area (Å²) in [6, 6.07) is -0.229. The number of carbonyl (C=O) groups excluding carboxylic acids is 1. The number of nitrogens with zero attached hydrogens (tertiary/aromatic N) is 2. The fourth-order valence-electron chi connectivity index (χ4n) is 3.76. The van der Waals surface area contributed by atoms with Gasteiger partial charge in [-0.25, -0.2) is 0 Å². The van der Waals surface area contributed by atoms with E-state index >= 15 is 0 Å². The molecule has 2 bridgehead atoms. The van der Waals surface area contributed by atoms with Crippen LogP contribution in [0, 0.1) is 17.8 Å². The van der Waals surface area contributed by atoms with Crippen LogP contribution in [0.5, 0.6) is 0 Å². The van der Waals surface area contributed by atoms with Gasteiger partial charge < -0.3 is 10.4 Å². The maximum absolute atomic E-state index is 12.0. The Kier molecular flexibility index (Phi) is 3.53. The molecule has 112 valence electrons. The summed E-state index contributed by atoms with van der Waals surface area (Å²) in [6.45, 7) is 0. The van der Waals surface area contributed by atoms with E-state index in [1.165, 1.54) is 6.08 Å². The molecule has 2 saturated carbocycles. The number of fused-ring (bicyclic) bond motifs is 2. The quantitative estimate of drug-likeness (QED) is 0.811. The number of amides is 1. The summed E-state index contributed by atoms with van der Waals surface area (Å²) in [7, 11) is 1.81. The molecule has 2 N–H and O–H groups in total. The van der Waals surface area contributed by atoms with Crippen LogP contribution in [-0.4, -0.2) is 32.8 Å². The van der Waals surface area contributed by atoms with Crippen molar-refractivity contribution in [2.45, 2.75) is 25.3 Å². The van der Waals surface area contributed by atoms with E-state index in [9.17, 15) is 14.7 Å². The summed E-state index contributed by atoms with van der Waals surface area (Å²) < 4.78 is 1.66. The van der Waals surface area contributed by atoms with Crippen molar-refractivity contribution in [1.82, 2.24) is 15.1 Å². The summed E-state index contributed by atoms with van der Waals surface area (Å²) in [5.41, 5.74) is 0.843. The Morgan fingerprint density at radius 1 is 1.43 bits per heavy atom. The summed E-state index contributed by atoms with van der Waals surface area (Å²) in [5, 5.41) is 16.3. The van der Waals surface area contributed by atoms with E-state index in [2.05, 4.69) is 10.4 Å². The highest BCUT2D eigenvalue weighted by Crippen LogP contribution is 2.48.